The van der Waals surface area contributed by atoms with E-state index in [1.54, 1.807) is 0 Å². The Morgan fingerprint density at radius 3 is 1.23 bits per heavy atom. The summed E-state index contributed by atoms with van der Waals surface area (Å²) in [5, 5.41) is 23.6. The first-order valence-electron chi connectivity index (χ1n) is 1.89. The summed E-state index contributed by atoms with van der Waals surface area (Å²) in [6.07, 6.45) is 0. The summed E-state index contributed by atoms with van der Waals surface area (Å²) in [5.41, 5.74) is 0. The molecule has 0 aliphatic carbocycles. The minimum atomic E-state index is -4.59. The van der Waals surface area contributed by atoms with Crippen molar-refractivity contribution >= 4 is 43.8 Å². The molecule has 0 amide bonds. The van der Waals surface area contributed by atoms with E-state index in [1.165, 1.54) is 0 Å². The molecule has 74 valence electrons. The van der Waals surface area contributed by atoms with Gasteiger partial charge >= 0.3 is 30.9 Å². The minimum Gasteiger partial charge on any atom is -0.554 e. The second kappa shape index (κ2) is 17.8. The summed E-state index contributed by atoms with van der Waals surface area (Å²) in [4.78, 5) is 31.4. The quantitative estimate of drug-likeness (QED) is 0.133. The van der Waals surface area contributed by atoms with E-state index in [-0.39, 0.29) is 23.1 Å². The first-order chi connectivity index (χ1) is 5.39. The van der Waals surface area contributed by atoms with Crippen LogP contribution in [0.4, 0.5) is 0 Å². The molecule has 0 saturated heterocycles. The van der Waals surface area contributed by atoms with Crippen molar-refractivity contribution in [2.75, 3.05) is 0 Å². The molecule has 0 aromatic carbocycles. The van der Waals surface area contributed by atoms with E-state index in [0.717, 1.165) is 0 Å². The number of carbonyl (C=O) groups excluding carboxylic acids is 2. The van der Waals surface area contributed by atoms with Crippen LogP contribution in [0.1, 0.15) is 0 Å². The fourth-order valence-electron chi connectivity index (χ4n) is 0. The van der Waals surface area contributed by atoms with Crippen molar-refractivity contribution in [1.29, 1.82) is 0 Å². The van der Waals surface area contributed by atoms with Gasteiger partial charge in [0.05, 0.1) is 0 Å². The Morgan fingerprint density at radius 1 is 1.15 bits per heavy atom. The van der Waals surface area contributed by atoms with Crippen molar-refractivity contribution in [3.05, 3.63) is 0 Å². The fourth-order valence-corrected chi connectivity index (χ4v) is 0. The largest absolute Gasteiger partial charge is 2.00 e. The van der Waals surface area contributed by atoms with Gasteiger partial charge in [-0.3, -0.25) is 0 Å². The molecule has 3 N–H and O–H groups in total. The minimum absolute atomic E-state index is 0. The zero-order chi connectivity index (χ0) is 10.6. The zero-order valence-electron chi connectivity index (χ0n) is 6.10. The van der Waals surface area contributed by atoms with Crippen LogP contribution in [0, 0.1) is 0 Å². The molecule has 0 aromatic heterocycles. The van der Waals surface area contributed by atoms with Crippen LogP contribution < -0.4 is 10.2 Å². The Hall–Kier alpha value is -0.224. The Kier molecular flexibility index (Phi) is 31.4. The van der Waals surface area contributed by atoms with Crippen molar-refractivity contribution in [3.63, 3.8) is 0 Å². The molecule has 9 nitrogen and oxygen atoms in total. The summed E-state index contributed by atoms with van der Waals surface area (Å²) in [6, 6.07) is 0. The maximum atomic E-state index is 9.22. The van der Waals surface area contributed by atoms with E-state index in [1.807, 2.05) is 0 Å². The maximum Gasteiger partial charge on any atom is 2.00 e. The number of hydrogen-bond donors (Lipinski definition) is 3. The van der Waals surface area contributed by atoms with Gasteiger partial charge < -0.3 is 29.6 Å². The smallest absolute Gasteiger partial charge is 0.554 e. The summed E-state index contributed by atoms with van der Waals surface area (Å²) >= 11 is 0. The van der Waals surface area contributed by atoms with Crippen LogP contribution in [-0.4, -0.2) is 51.0 Å². The van der Waals surface area contributed by atoms with Crippen LogP contribution in [0.25, 0.3) is 0 Å². The summed E-state index contributed by atoms with van der Waals surface area (Å²) in [6.45, 7) is -1.00. The van der Waals surface area contributed by atoms with E-state index in [4.69, 9.17) is 34.8 Å². The number of carboxylic acid groups (broad SMARTS) is 2. The fraction of sp³-hybridized carbons (Fsp3) is 0. The molecule has 0 rings (SSSR count). The third kappa shape index (κ3) is 146. The van der Waals surface area contributed by atoms with Crippen molar-refractivity contribution in [3.8, 4) is 0 Å². The predicted molar refractivity (Wildman–Crippen MR) is 33.6 cm³/mol. The molecule has 0 aliphatic heterocycles. The maximum absolute atomic E-state index is 9.22. The topological polar surface area (TPSA) is 167 Å². The van der Waals surface area contributed by atoms with Gasteiger partial charge in [0.2, 0.25) is 0 Å². The van der Waals surface area contributed by atoms with Crippen LogP contribution in [-0.2, 0) is 18.8 Å². The van der Waals surface area contributed by atoms with Crippen molar-refractivity contribution in [2.45, 2.75) is 0 Å². The Balaban J connectivity index is -0.0000000501. The van der Waals surface area contributed by atoms with Crippen molar-refractivity contribution in [1.82, 2.24) is 0 Å². The monoisotopic (exact) mass is 228 g/mol. The van der Waals surface area contributed by atoms with Gasteiger partial charge in [-0.2, -0.15) is 0 Å². The molecular weight excluding hydrogens is 223 g/mol. The molecule has 11 heteroatoms. The molecule has 0 radical (unpaired) electrons. The number of hydrogen-bond acceptors (Lipinski definition) is 7. The summed E-state index contributed by atoms with van der Waals surface area (Å²) < 4.78 is 11.8. The van der Waals surface area contributed by atoms with Gasteiger partial charge in [-0.05, 0) is 0 Å². The number of carbonyl (C=O) groups is 2. The van der Waals surface area contributed by atoms with Crippen LogP contribution in [0.15, 0.2) is 0 Å². The standard InChI is InChI=1S/2CH2O2.Mg.H3O5P/c2*2-1-3;;1-5-6(2,3)4/h2*1H,(H,2,3);;1H,(H2,2,3,4)/q;;+2;/p-2. The van der Waals surface area contributed by atoms with Crippen LogP contribution >= 0.6 is 7.82 Å². The molecule has 0 aromatic rings. The third-order valence-corrected chi connectivity index (χ3v) is 0.319. The van der Waals surface area contributed by atoms with Crippen LogP contribution in [0.5, 0.6) is 0 Å². The first kappa shape index (κ1) is 23.0. The van der Waals surface area contributed by atoms with E-state index in [0.29, 0.717) is 0 Å². The normalized spacial score (nSPS) is 7.31. The molecule has 0 saturated carbocycles. The Morgan fingerprint density at radius 2 is 1.23 bits per heavy atom. The van der Waals surface area contributed by atoms with Crippen molar-refractivity contribution < 1.29 is 44.1 Å². The molecular formula is C2H5MgO9P. The van der Waals surface area contributed by atoms with Gasteiger partial charge in [-0.15, -0.1) is 4.67 Å². The first-order valence-corrected chi connectivity index (χ1v) is 3.42. The molecule has 0 spiro atoms. The second-order valence-electron chi connectivity index (χ2n) is 0.765. The van der Waals surface area contributed by atoms with E-state index < -0.39 is 20.8 Å². The molecule has 0 bridgehead atoms. The van der Waals surface area contributed by atoms with Gasteiger partial charge in [0.25, 0.3) is 0 Å². The molecule has 0 unspecified atom stereocenters. The molecule has 0 fully saturated rings. The van der Waals surface area contributed by atoms with Gasteiger partial charge in [0.15, 0.2) is 0 Å². The SMILES string of the molecule is O=C[O-].O=C[O-].O=P(O)(O)OO.[Mg+2]. The number of rotatable bonds is 1. The summed E-state index contributed by atoms with van der Waals surface area (Å²) in [7, 11) is -4.59. The summed E-state index contributed by atoms with van der Waals surface area (Å²) in [5.74, 6) is 0. The van der Waals surface area contributed by atoms with Gasteiger partial charge in [-0.1, -0.05) is 0 Å². The van der Waals surface area contributed by atoms with E-state index in [9.17, 15) is 4.57 Å². The van der Waals surface area contributed by atoms with Crippen molar-refractivity contribution in [2.24, 2.45) is 0 Å². The molecule has 0 aliphatic rings. The zero-order valence-corrected chi connectivity index (χ0v) is 8.41. The van der Waals surface area contributed by atoms with Gasteiger partial charge in [0, 0.05) is 12.9 Å². The molecule has 0 atom stereocenters. The second-order valence-corrected chi connectivity index (χ2v) is 1.91. The van der Waals surface area contributed by atoms with Gasteiger partial charge in [0.1, 0.15) is 0 Å². The third-order valence-electron chi connectivity index (χ3n) is 0.106. The molecule has 13 heavy (non-hydrogen) atoms. The van der Waals surface area contributed by atoms with E-state index in [2.05, 4.69) is 4.67 Å². The molecule has 0 heterocycles. The Labute approximate surface area is 88.3 Å². The van der Waals surface area contributed by atoms with E-state index >= 15 is 0 Å². The van der Waals surface area contributed by atoms with Crippen LogP contribution in [0.3, 0.4) is 0 Å². The Bertz CT molecular complexity index is 135. The van der Waals surface area contributed by atoms with Crippen LogP contribution in [0.2, 0.25) is 0 Å². The average Bonchev–Trinajstić information content (AvgIpc) is 1.90. The predicted octanol–water partition coefficient (Wildman–Crippen LogP) is -4.08. The van der Waals surface area contributed by atoms with Gasteiger partial charge in [-0.25, -0.2) is 9.82 Å². The number of phosphoric acid groups is 1. The average molecular weight is 228 g/mol.